The number of aliphatic carboxylic acids is 1. The van der Waals surface area contributed by atoms with E-state index in [1.54, 1.807) is 0 Å². The minimum absolute atomic E-state index is 0.198. The summed E-state index contributed by atoms with van der Waals surface area (Å²) in [6.45, 7) is 5.03. The minimum atomic E-state index is -0.693. The van der Waals surface area contributed by atoms with Crippen molar-refractivity contribution in [1.82, 2.24) is 14.5 Å². The second-order valence-corrected chi connectivity index (χ2v) is 6.60. The summed E-state index contributed by atoms with van der Waals surface area (Å²) < 4.78 is 2.16. The van der Waals surface area contributed by atoms with Crippen molar-refractivity contribution in [2.24, 2.45) is 0 Å². The van der Waals surface area contributed by atoms with Crippen molar-refractivity contribution in [3.8, 4) is 0 Å². The van der Waals surface area contributed by atoms with Gasteiger partial charge in [-0.2, -0.15) is 0 Å². The first-order chi connectivity index (χ1) is 9.94. The van der Waals surface area contributed by atoms with Gasteiger partial charge in [-0.15, -0.1) is 0 Å². The van der Waals surface area contributed by atoms with Gasteiger partial charge in [0.1, 0.15) is 0 Å². The molecule has 118 valence electrons. The van der Waals surface area contributed by atoms with Crippen LogP contribution in [0.2, 0.25) is 0 Å². The van der Waals surface area contributed by atoms with Crippen molar-refractivity contribution >= 4 is 5.97 Å². The Bertz CT molecular complexity index is 476. The highest BCUT2D eigenvalue weighted by atomic mass is 16.4. The highest BCUT2D eigenvalue weighted by Gasteiger charge is 2.38. The summed E-state index contributed by atoms with van der Waals surface area (Å²) in [5.41, 5.74) is 0.957. The van der Waals surface area contributed by atoms with E-state index in [1.165, 1.54) is 6.42 Å². The second-order valence-electron chi connectivity index (χ2n) is 6.60. The number of carbonyl (C=O) groups is 1. The highest BCUT2D eigenvalue weighted by Crippen LogP contribution is 2.36. The lowest BCUT2D eigenvalue weighted by molar-refractivity contribution is -0.141. The molecule has 0 bridgehead atoms. The van der Waals surface area contributed by atoms with Crippen LogP contribution in [0.3, 0.4) is 0 Å². The summed E-state index contributed by atoms with van der Waals surface area (Å²) in [6.07, 6.45) is 9.42. The van der Waals surface area contributed by atoms with Gasteiger partial charge in [0.2, 0.25) is 0 Å². The summed E-state index contributed by atoms with van der Waals surface area (Å²) in [5, 5.41) is 9.30. The van der Waals surface area contributed by atoms with Crippen LogP contribution in [0.25, 0.3) is 0 Å². The molecule has 2 rings (SSSR count). The Hall–Kier alpha value is -1.36. The van der Waals surface area contributed by atoms with Crippen LogP contribution in [0.1, 0.15) is 64.1 Å². The molecule has 1 fully saturated rings. The third kappa shape index (κ3) is 3.64. The van der Waals surface area contributed by atoms with E-state index in [9.17, 15) is 9.90 Å². The molecule has 0 amide bonds. The average Bonchev–Trinajstić information content (AvgIpc) is 2.87. The van der Waals surface area contributed by atoms with Gasteiger partial charge in [-0.05, 0) is 33.7 Å². The molecule has 1 aliphatic rings. The van der Waals surface area contributed by atoms with Gasteiger partial charge in [0, 0.05) is 24.3 Å². The van der Waals surface area contributed by atoms with E-state index >= 15 is 0 Å². The lowest BCUT2D eigenvalue weighted by Gasteiger charge is -2.44. The minimum Gasteiger partial charge on any atom is -0.481 e. The van der Waals surface area contributed by atoms with E-state index in [2.05, 4.69) is 35.3 Å². The zero-order valence-electron chi connectivity index (χ0n) is 13.4. The fourth-order valence-electron chi connectivity index (χ4n) is 3.52. The first-order valence-corrected chi connectivity index (χ1v) is 7.88. The van der Waals surface area contributed by atoms with Gasteiger partial charge in [0.25, 0.3) is 0 Å². The molecule has 0 spiro atoms. The maximum absolute atomic E-state index is 11.3. The van der Waals surface area contributed by atoms with Crippen LogP contribution in [0.15, 0.2) is 12.5 Å². The quantitative estimate of drug-likeness (QED) is 0.875. The predicted octanol–water partition coefficient (Wildman–Crippen LogP) is 3.07. The van der Waals surface area contributed by atoms with E-state index < -0.39 is 5.97 Å². The Morgan fingerprint density at radius 2 is 2.10 bits per heavy atom. The number of imidazole rings is 1. The van der Waals surface area contributed by atoms with E-state index in [-0.39, 0.29) is 12.0 Å². The predicted molar refractivity (Wildman–Crippen MR) is 82.1 cm³/mol. The molecule has 5 nitrogen and oxygen atoms in total. The topological polar surface area (TPSA) is 58.4 Å². The summed E-state index contributed by atoms with van der Waals surface area (Å²) in [4.78, 5) is 17.8. The second kappa shape index (κ2) is 6.60. The number of rotatable bonds is 6. The van der Waals surface area contributed by atoms with Crippen molar-refractivity contribution < 1.29 is 9.90 Å². The van der Waals surface area contributed by atoms with Crippen LogP contribution >= 0.6 is 0 Å². The fourth-order valence-corrected chi connectivity index (χ4v) is 3.52. The van der Waals surface area contributed by atoms with E-state index in [4.69, 9.17) is 0 Å². The largest absolute Gasteiger partial charge is 0.481 e. The van der Waals surface area contributed by atoms with Crippen molar-refractivity contribution in [1.29, 1.82) is 0 Å². The Labute approximate surface area is 127 Å². The van der Waals surface area contributed by atoms with Crippen molar-refractivity contribution in [3.63, 3.8) is 0 Å². The third-order valence-electron chi connectivity index (χ3n) is 4.78. The summed E-state index contributed by atoms with van der Waals surface area (Å²) in [7, 11) is 2.06. The van der Waals surface area contributed by atoms with Crippen LogP contribution in [0.5, 0.6) is 0 Å². The zero-order valence-corrected chi connectivity index (χ0v) is 13.4. The standard InChI is InChI=1S/C16H27N3O2/c1-13(2)19-12-17-10-14(19)11-18(3)16(9-15(20)21)7-5-4-6-8-16/h10,12-13H,4-9,11H2,1-3H3,(H,20,21). The van der Waals surface area contributed by atoms with Crippen molar-refractivity contribution in [2.45, 2.75) is 70.5 Å². The first-order valence-electron chi connectivity index (χ1n) is 7.88. The molecule has 1 aromatic rings. The van der Waals surface area contributed by atoms with E-state index in [0.29, 0.717) is 6.04 Å². The number of aromatic nitrogens is 2. The van der Waals surface area contributed by atoms with Crippen molar-refractivity contribution in [2.75, 3.05) is 7.05 Å². The number of carboxylic acid groups (broad SMARTS) is 1. The monoisotopic (exact) mass is 293 g/mol. The van der Waals surface area contributed by atoms with Gasteiger partial charge in [-0.1, -0.05) is 19.3 Å². The summed E-state index contributed by atoms with van der Waals surface area (Å²) in [6, 6.07) is 0.373. The highest BCUT2D eigenvalue weighted by molar-refractivity contribution is 5.68. The summed E-state index contributed by atoms with van der Waals surface area (Å²) >= 11 is 0. The molecular weight excluding hydrogens is 266 g/mol. The number of hydrogen-bond donors (Lipinski definition) is 1. The van der Waals surface area contributed by atoms with Gasteiger partial charge in [0.05, 0.1) is 18.4 Å². The molecule has 1 aliphatic carbocycles. The van der Waals surface area contributed by atoms with E-state index in [0.717, 1.165) is 37.9 Å². The molecule has 0 aromatic carbocycles. The number of carboxylic acids is 1. The fraction of sp³-hybridized carbons (Fsp3) is 0.750. The van der Waals surface area contributed by atoms with Crippen LogP contribution in [0.4, 0.5) is 0 Å². The molecule has 1 saturated carbocycles. The van der Waals surface area contributed by atoms with Crippen LogP contribution < -0.4 is 0 Å². The molecule has 5 heteroatoms. The molecule has 1 heterocycles. The molecule has 21 heavy (non-hydrogen) atoms. The molecule has 1 aromatic heterocycles. The molecule has 1 N–H and O–H groups in total. The lowest BCUT2D eigenvalue weighted by Crippen LogP contribution is -2.49. The summed E-state index contributed by atoms with van der Waals surface area (Å²) in [5.74, 6) is -0.693. The Kier molecular flexibility index (Phi) is 5.04. The van der Waals surface area contributed by atoms with Crippen LogP contribution in [-0.4, -0.2) is 38.1 Å². The molecule has 0 radical (unpaired) electrons. The molecule has 0 saturated heterocycles. The molecular formula is C16H27N3O2. The van der Waals surface area contributed by atoms with Gasteiger partial charge in [-0.25, -0.2) is 4.98 Å². The molecule has 0 atom stereocenters. The number of hydrogen-bond acceptors (Lipinski definition) is 3. The third-order valence-corrected chi connectivity index (χ3v) is 4.78. The Morgan fingerprint density at radius 3 is 2.67 bits per heavy atom. The van der Waals surface area contributed by atoms with Gasteiger partial charge < -0.3 is 9.67 Å². The zero-order chi connectivity index (χ0) is 15.5. The maximum atomic E-state index is 11.3. The molecule has 0 unspecified atom stereocenters. The maximum Gasteiger partial charge on any atom is 0.305 e. The number of nitrogens with zero attached hydrogens (tertiary/aromatic N) is 3. The van der Waals surface area contributed by atoms with E-state index in [1.807, 2.05) is 12.5 Å². The van der Waals surface area contributed by atoms with Gasteiger partial charge >= 0.3 is 5.97 Å². The van der Waals surface area contributed by atoms with Gasteiger partial charge in [0.15, 0.2) is 0 Å². The average molecular weight is 293 g/mol. The normalized spacial score (nSPS) is 18.3. The molecule has 0 aliphatic heterocycles. The van der Waals surface area contributed by atoms with Gasteiger partial charge in [-0.3, -0.25) is 9.69 Å². The Morgan fingerprint density at radius 1 is 1.43 bits per heavy atom. The SMILES string of the molecule is CC(C)n1cncc1CN(C)C1(CC(=O)O)CCCCC1. The van der Waals surface area contributed by atoms with Crippen LogP contribution in [0, 0.1) is 0 Å². The Balaban J connectivity index is 2.16. The van der Waals surface area contributed by atoms with Crippen molar-refractivity contribution in [3.05, 3.63) is 18.2 Å². The smallest absolute Gasteiger partial charge is 0.305 e. The van der Waals surface area contributed by atoms with Crippen LogP contribution in [-0.2, 0) is 11.3 Å². The lowest BCUT2D eigenvalue weighted by atomic mass is 9.78. The first kappa shape index (κ1) is 16.0.